The van der Waals surface area contributed by atoms with Crippen LogP contribution in [-0.4, -0.2) is 25.9 Å². The fourth-order valence-corrected chi connectivity index (χ4v) is 2.14. The molecule has 0 bridgehead atoms. The molecule has 2 aromatic rings. The Bertz CT molecular complexity index is 734. The molecule has 0 aliphatic carbocycles. The predicted octanol–water partition coefficient (Wildman–Crippen LogP) is 3.83. The Kier molecular flexibility index (Phi) is 5.84. The van der Waals surface area contributed by atoms with E-state index in [4.69, 9.17) is 32.7 Å². The lowest BCUT2D eigenvalue weighted by molar-refractivity contribution is -0.118. The molecule has 0 heterocycles. The minimum absolute atomic E-state index is 0.276. The van der Waals surface area contributed by atoms with Crippen molar-refractivity contribution in [2.75, 3.05) is 19.0 Å². The summed E-state index contributed by atoms with van der Waals surface area (Å²) in [5.41, 5.74) is 0.806. The zero-order valence-electron chi connectivity index (χ0n) is 12.1. The zero-order valence-corrected chi connectivity index (χ0v) is 13.6. The number of ether oxygens (including phenoxy) is 2. The van der Waals surface area contributed by atoms with E-state index in [0.29, 0.717) is 39.1 Å². The number of aldehydes is 1. The van der Waals surface area contributed by atoms with Crippen molar-refractivity contribution in [3.63, 3.8) is 0 Å². The van der Waals surface area contributed by atoms with Crippen molar-refractivity contribution < 1.29 is 19.1 Å². The number of amides is 1. The third-order valence-corrected chi connectivity index (χ3v) is 3.45. The summed E-state index contributed by atoms with van der Waals surface area (Å²) in [5, 5.41) is 3.41. The lowest BCUT2D eigenvalue weighted by Crippen LogP contribution is -2.20. The number of nitrogens with one attached hydrogen (secondary N) is 1. The Balaban J connectivity index is 2.04. The fourth-order valence-electron chi connectivity index (χ4n) is 1.80. The molecule has 0 radical (unpaired) electrons. The highest BCUT2D eigenvalue weighted by atomic mass is 35.5. The van der Waals surface area contributed by atoms with Gasteiger partial charge in [-0.1, -0.05) is 23.2 Å². The summed E-state index contributed by atoms with van der Waals surface area (Å²) >= 11 is 11.8. The van der Waals surface area contributed by atoms with Gasteiger partial charge in [-0.15, -0.1) is 0 Å². The summed E-state index contributed by atoms with van der Waals surface area (Å²) in [6.07, 6.45) is 0.679. The molecule has 5 nitrogen and oxygen atoms in total. The maximum absolute atomic E-state index is 12.0. The minimum atomic E-state index is -0.423. The van der Waals surface area contributed by atoms with E-state index >= 15 is 0 Å². The van der Waals surface area contributed by atoms with Crippen molar-refractivity contribution in [2.24, 2.45) is 0 Å². The molecule has 2 rings (SSSR count). The van der Waals surface area contributed by atoms with Gasteiger partial charge in [-0.05, 0) is 36.4 Å². The highest BCUT2D eigenvalue weighted by Gasteiger charge is 2.10. The van der Waals surface area contributed by atoms with Gasteiger partial charge in [0.05, 0.1) is 17.8 Å². The first-order valence-corrected chi connectivity index (χ1v) is 7.30. The number of hydrogen-bond acceptors (Lipinski definition) is 4. The summed E-state index contributed by atoms with van der Waals surface area (Å²) in [6, 6.07) is 9.40. The van der Waals surface area contributed by atoms with Crippen molar-refractivity contribution in [1.29, 1.82) is 0 Å². The lowest BCUT2D eigenvalue weighted by atomic mass is 10.2. The zero-order chi connectivity index (χ0) is 16.8. The molecule has 1 amide bonds. The molecule has 23 heavy (non-hydrogen) atoms. The lowest BCUT2D eigenvalue weighted by Gasteiger charge is -2.12. The summed E-state index contributed by atoms with van der Waals surface area (Å²) < 4.78 is 10.5. The van der Waals surface area contributed by atoms with Gasteiger partial charge in [0.15, 0.2) is 18.1 Å². The molecule has 120 valence electrons. The van der Waals surface area contributed by atoms with Crippen LogP contribution in [0.4, 0.5) is 5.69 Å². The summed E-state index contributed by atoms with van der Waals surface area (Å²) in [6.45, 7) is -0.276. The average Bonchev–Trinajstić information content (AvgIpc) is 2.56. The van der Waals surface area contributed by atoms with Gasteiger partial charge in [-0.2, -0.15) is 0 Å². The molecule has 0 saturated carbocycles. The molecule has 7 heteroatoms. The van der Waals surface area contributed by atoms with Crippen LogP contribution in [0, 0.1) is 0 Å². The maximum atomic E-state index is 12.0. The molecule has 0 unspecified atom stereocenters. The largest absolute Gasteiger partial charge is 0.493 e. The van der Waals surface area contributed by atoms with Crippen LogP contribution in [-0.2, 0) is 4.79 Å². The van der Waals surface area contributed by atoms with Gasteiger partial charge in [0.25, 0.3) is 5.91 Å². The van der Waals surface area contributed by atoms with Crippen LogP contribution in [0.5, 0.6) is 11.5 Å². The van der Waals surface area contributed by atoms with E-state index in [1.165, 1.54) is 19.2 Å². The summed E-state index contributed by atoms with van der Waals surface area (Å²) in [5.74, 6) is 0.293. The Morgan fingerprint density at radius 3 is 2.65 bits per heavy atom. The van der Waals surface area contributed by atoms with Gasteiger partial charge in [-0.3, -0.25) is 9.59 Å². The van der Waals surface area contributed by atoms with Gasteiger partial charge >= 0.3 is 0 Å². The number of halogens is 2. The Labute approximate surface area is 143 Å². The second-order valence-corrected chi connectivity index (χ2v) is 5.33. The SMILES string of the molecule is COc1ccc(C=O)cc1OCC(=O)Nc1cc(Cl)ccc1Cl. The van der Waals surface area contributed by atoms with Gasteiger partial charge in [-0.25, -0.2) is 0 Å². The Hall–Kier alpha value is -2.24. The molecule has 0 atom stereocenters. The van der Waals surface area contributed by atoms with Crippen molar-refractivity contribution in [3.8, 4) is 11.5 Å². The molecular weight excluding hydrogens is 341 g/mol. The third kappa shape index (κ3) is 4.61. The summed E-state index contributed by atoms with van der Waals surface area (Å²) in [7, 11) is 1.47. The van der Waals surface area contributed by atoms with Crippen molar-refractivity contribution >= 4 is 41.1 Å². The second-order valence-electron chi connectivity index (χ2n) is 4.49. The highest BCUT2D eigenvalue weighted by Crippen LogP contribution is 2.28. The first kappa shape index (κ1) is 17.1. The number of methoxy groups -OCH3 is 1. The number of rotatable bonds is 6. The monoisotopic (exact) mass is 353 g/mol. The number of benzene rings is 2. The van der Waals surface area contributed by atoms with E-state index in [1.54, 1.807) is 24.3 Å². The normalized spacial score (nSPS) is 10.0. The number of carbonyl (C=O) groups excluding carboxylic acids is 2. The molecule has 0 fully saturated rings. The molecule has 2 aromatic carbocycles. The maximum Gasteiger partial charge on any atom is 0.262 e. The van der Waals surface area contributed by atoms with Gasteiger partial charge in [0.2, 0.25) is 0 Å². The van der Waals surface area contributed by atoms with E-state index in [1.807, 2.05) is 0 Å². The van der Waals surface area contributed by atoms with Crippen LogP contribution in [0.25, 0.3) is 0 Å². The van der Waals surface area contributed by atoms with Gasteiger partial charge in [0, 0.05) is 10.6 Å². The summed E-state index contributed by atoms with van der Waals surface area (Å²) in [4.78, 5) is 22.8. The van der Waals surface area contributed by atoms with Crippen molar-refractivity contribution in [1.82, 2.24) is 0 Å². The quantitative estimate of drug-likeness (QED) is 0.801. The number of anilines is 1. The van der Waals surface area contributed by atoms with E-state index < -0.39 is 5.91 Å². The van der Waals surface area contributed by atoms with E-state index in [0.717, 1.165) is 0 Å². The topological polar surface area (TPSA) is 64.6 Å². The van der Waals surface area contributed by atoms with Gasteiger partial charge in [0.1, 0.15) is 6.29 Å². The number of hydrogen-bond donors (Lipinski definition) is 1. The van der Waals surface area contributed by atoms with E-state index in [-0.39, 0.29) is 6.61 Å². The highest BCUT2D eigenvalue weighted by molar-refractivity contribution is 6.35. The third-order valence-electron chi connectivity index (χ3n) is 2.89. The Morgan fingerprint density at radius 1 is 1.17 bits per heavy atom. The van der Waals surface area contributed by atoms with E-state index in [2.05, 4.69) is 5.32 Å². The average molecular weight is 354 g/mol. The van der Waals surface area contributed by atoms with E-state index in [9.17, 15) is 9.59 Å². The molecule has 0 spiro atoms. The molecular formula is C16H13Cl2NO4. The van der Waals surface area contributed by atoms with Crippen molar-refractivity contribution in [2.45, 2.75) is 0 Å². The molecule has 0 aliphatic heterocycles. The van der Waals surface area contributed by atoms with Crippen LogP contribution in [0.2, 0.25) is 10.0 Å². The van der Waals surface area contributed by atoms with Crippen LogP contribution < -0.4 is 14.8 Å². The second kappa shape index (κ2) is 7.85. The van der Waals surface area contributed by atoms with Crippen LogP contribution in [0.3, 0.4) is 0 Å². The van der Waals surface area contributed by atoms with Crippen LogP contribution >= 0.6 is 23.2 Å². The Morgan fingerprint density at radius 2 is 1.96 bits per heavy atom. The molecule has 0 saturated heterocycles. The molecule has 0 aliphatic rings. The standard InChI is InChI=1S/C16H13Cl2NO4/c1-22-14-5-2-10(8-20)6-15(14)23-9-16(21)19-13-7-11(17)3-4-12(13)18/h2-8H,9H2,1H3,(H,19,21). The fraction of sp³-hybridized carbons (Fsp3) is 0.125. The first-order chi connectivity index (χ1) is 11.0. The van der Waals surface area contributed by atoms with Crippen LogP contribution in [0.1, 0.15) is 10.4 Å². The van der Waals surface area contributed by atoms with Gasteiger partial charge < -0.3 is 14.8 Å². The smallest absolute Gasteiger partial charge is 0.262 e. The van der Waals surface area contributed by atoms with Crippen LogP contribution in [0.15, 0.2) is 36.4 Å². The molecule has 0 aromatic heterocycles. The predicted molar refractivity (Wildman–Crippen MR) is 89.0 cm³/mol. The molecule has 1 N–H and O–H groups in total. The first-order valence-electron chi connectivity index (χ1n) is 6.54. The van der Waals surface area contributed by atoms with Crippen molar-refractivity contribution in [3.05, 3.63) is 52.0 Å². The minimum Gasteiger partial charge on any atom is -0.493 e. The number of carbonyl (C=O) groups is 2.